The Kier molecular flexibility index (Phi) is 9.63. The molecule has 0 aliphatic carbocycles. The highest BCUT2D eigenvalue weighted by molar-refractivity contribution is 6.35. The highest BCUT2D eigenvalue weighted by Gasteiger charge is 2.24. The zero-order valence-electron chi connectivity index (χ0n) is 24.0. The molecule has 0 aromatic heterocycles. The molecule has 0 unspecified atom stereocenters. The average molecular weight is 626 g/mol. The van der Waals surface area contributed by atoms with E-state index in [9.17, 15) is 19.5 Å². The second-order valence-corrected chi connectivity index (χ2v) is 11.2. The number of benzene rings is 5. The lowest BCUT2D eigenvalue weighted by atomic mass is 9.93. The lowest BCUT2D eigenvalue weighted by Gasteiger charge is -2.25. The van der Waals surface area contributed by atoms with Gasteiger partial charge in [-0.05, 0) is 58.8 Å². The second-order valence-electron chi connectivity index (χ2n) is 10.4. The van der Waals surface area contributed by atoms with Crippen LogP contribution in [0.5, 0.6) is 0 Å². The topological polar surface area (TPSA) is 77.9 Å². The number of carbonyl (C=O) groups is 3. The lowest BCUT2D eigenvalue weighted by Crippen LogP contribution is -2.35. The van der Waals surface area contributed by atoms with E-state index in [2.05, 4.69) is 0 Å². The quantitative estimate of drug-likeness (QED) is 0.170. The molecule has 8 heteroatoms. The molecule has 6 nitrogen and oxygen atoms in total. The Hall–Kier alpha value is -4.65. The maximum atomic E-state index is 14.1. The second kappa shape index (κ2) is 13.8. The summed E-state index contributed by atoms with van der Waals surface area (Å²) in [4.78, 5) is 42.7. The van der Waals surface area contributed by atoms with Gasteiger partial charge in [0.2, 0.25) is 0 Å². The molecule has 222 valence electrons. The molecule has 5 aromatic rings. The first-order valence-electron chi connectivity index (χ1n) is 14.1. The van der Waals surface area contributed by atoms with Gasteiger partial charge in [-0.2, -0.15) is 0 Å². The fourth-order valence-corrected chi connectivity index (χ4v) is 5.80. The van der Waals surface area contributed by atoms with Gasteiger partial charge in [-0.1, -0.05) is 102 Å². The maximum Gasteiger partial charge on any atom is 0.305 e. The number of carboxylic acid groups (broad SMARTS) is 1. The Morgan fingerprint density at radius 2 is 1.32 bits per heavy atom. The van der Waals surface area contributed by atoms with Gasteiger partial charge in [-0.3, -0.25) is 14.4 Å². The van der Waals surface area contributed by atoms with E-state index >= 15 is 0 Å². The van der Waals surface area contributed by atoms with Gasteiger partial charge in [0, 0.05) is 46.7 Å². The summed E-state index contributed by atoms with van der Waals surface area (Å²) >= 11 is 12.4. The summed E-state index contributed by atoms with van der Waals surface area (Å²) in [7, 11) is 1.74. The normalized spacial score (nSPS) is 10.9. The summed E-state index contributed by atoms with van der Waals surface area (Å²) in [6.45, 7) is 0.254. The Morgan fingerprint density at radius 1 is 0.705 bits per heavy atom. The van der Waals surface area contributed by atoms with Gasteiger partial charge in [0.1, 0.15) is 0 Å². The van der Waals surface area contributed by atoms with Crippen LogP contribution in [0.1, 0.15) is 32.7 Å². The van der Waals surface area contributed by atoms with Gasteiger partial charge < -0.3 is 14.9 Å². The highest BCUT2D eigenvalue weighted by atomic mass is 35.5. The number of hydrogen-bond donors (Lipinski definition) is 1. The van der Waals surface area contributed by atoms with Crippen molar-refractivity contribution < 1.29 is 19.5 Å². The number of amides is 2. The van der Waals surface area contributed by atoms with E-state index in [1.807, 2.05) is 66.7 Å². The molecule has 44 heavy (non-hydrogen) atoms. The summed E-state index contributed by atoms with van der Waals surface area (Å²) < 4.78 is 0. The molecule has 5 aromatic carbocycles. The van der Waals surface area contributed by atoms with Gasteiger partial charge in [0.25, 0.3) is 11.8 Å². The zero-order valence-corrected chi connectivity index (χ0v) is 25.6. The van der Waals surface area contributed by atoms with Crippen molar-refractivity contribution in [3.63, 3.8) is 0 Å². The number of nitrogens with zero attached hydrogens (tertiary/aromatic N) is 2. The lowest BCUT2D eigenvalue weighted by molar-refractivity contribution is -0.137. The molecule has 0 atom stereocenters. The molecule has 0 spiro atoms. The summed E-state index contributed by atoms with van der Waals surface area (Å²) in [6.07, 6.45) is 0.196. The van der Waals surface area contributed by atoms with Crippen molar-refractivity contribution in [2.75, 3.05) is 25.0 Å². The van der Waals surface area contributed by atoms with E-state index < -0.39 is 5.97 Å². The SMILES string of the molecule is CN(C(=O)c1ccccc1-c1ccccc1C(=O)N(CCC(=O)O)CCc1ccc(Cl)cc1Cl)c1cccc2ccccc12. The van der Waals surface area contributed by atoms with Crippen LogP contribution in [0.25, 0.3) is 21.9 Å². The van der Waals surface area contributed by atoms with E-state index in [0.29, 0.717) is 38.7 Å². The van der Waals surface area contributed by atoms with Crippen molar-refractivity contribution in [3.05, 3.63) is 136 Å². The van der Waals surface area contributed by atoms with Crippen LogP contribution >= 0.6 is 23.2 Å². The van der Waals surface area contributed by atoms with Crippen LogP contribution in [0, 0.1) is 0 Å². The summed E-state index contributed by atoms with van der Waals surface area (Å²) in [5.41, 5.74) is 3.56. The van der Waals surface area contributed by atoms with E-state index in [4.69, 9.17) is 23.2 Å². The minimum atomic E-state index is -1.01. The van der Waals surface area contributed by atoms with Crippen LogP contribution in [-0.2, 0) is 11.2 Å². The molecule has 0 radical (unpaired) electrons. The molecule has 0 fully saturated rings. The van der Waals surface area contributed by atoms with Gasteiger partial charge >= 0.3 is 5.97 Å². The highest BCUT2D eigenvalue weighted by Crippen LogP contribution is 2.32. The minimum Gasteiger partial charge on any atom is -0.481 e. The maximum absolute atomic E-state index is 14.1. The third kappa shape index (κ3) is 6.77. The molecule has 0 heterocycles. The largest absolute Gasteiger partial charge is 0.481 e. The molecule has 0 aliphatic heterocycles. The molecule has 1 N–H and O–H groups in total. The van der Waals surface area contributed by atoms with Crippen LogP contribution in [0.4, 0.5) is 5.69 Å². The molecule has 5 rings (SSSR count). The van der Waals surface area contributed by atoms with Gasteiger partial charge in [0.05, 0.1) is 12.1 Å². The Bertz CT molecular complexity index is 1850. The number of carbonyl (C=O) groups excluding carboxylic acids is 2. The standard InChI is InChI=1S/C36H30Cl2N2O4/c1-39(33-16-8-10-24-9-2-3-11-27(24)33)35(43)30-14-6-4-12-28(30)29-13-5-7-15-31(29)36(44)40(22-20-34(41)42)21-19-25-17-18-26(37)23-32(25)38/h2-18,23H,19-22H2,1H3,(H,41,42). The first-order valence-corrected chi connectivity index (χ1v) is 14.9. The molecule has 0 saturated heterocycles. The van der Waals surface area contributed by atoms with Gasteiger partial charge in [0.15, 0.2) is 0 Å². The number of aliphatic carboxylic acids is 1. The van der Waals surface area contributed by atoms with Crippen LogP contribution in [0.2, 0.25) is 10.0 Å². The Balaban J connectivity index is 1.49. The third-order valence-electron chi connectivity index (χ3n) is 7.59. The molecule has 2 amide bonds. The number of rotatable bonds is 10. The van der Waals surface area contributed by atoms with Crippen LogP contribution < -0.4 is 4.90 Å². The molecular formula is C36H30Cl2N2O4. The monoisotopic (exact) mass is 624 g/mol. The van der Waals surface area contributed by atoms with E-state index in [0.717, 1.165) is 22.0 Å². The molecule has 0 saturated carbocycles. The first-order chi connectivity index (χ1) is 21.2. The smallest absolute Gasteiger partial charge is 0.305 e. The number of hydrogen-bond acceptors (Lipinski definition) is 3. The van der Waals surface area contributed by atoms with E-state index in [1.54, 1.807) is 54.4 Å². The summed E-state index contributed by atoms with van der Waals surface area (Å²) in [5, 5.41) is 12.4. The molecule has 0 bridgehead atoms. The number of fused-ring (bicyclic) bond motifs is 1. The zero-order chi connectivity index (χ0) is 31.2. The third-order valence-corrected chi connectivity index (χ3v) is 8.17. The van der Waals surface area contributed by atoms with Crippen LogP contribution in [-0.4, -0.2) is 47.9 Å². The van der Waals surface area contributed by atoms with Crippen molar-refractivity contribution in [1.82, 2.24) is 4.90 Å². The van der Waals surface area contributed by atoms with E-state index in [-0.39, 0.29) is 31.3 Å². The van der Waals surface area contributed by atoms with Crippen LogP contribution in [0.3, 0.4) is 0 Å². The predicted molar refractivity (Wildman–Crippen MR) is 177 cm³/mol. The van der Waals surface area contributed by atoms with Crippen molar-refractivity contribution in [2.24, 2.45) is 0 Å². The van der Waals surface area contributed by atoms with Gasteiger partial charge in [-0.25, -0.2) is 0 Å². The Morgan fingerprint density at radius 3 is 2.00 bits per heavy atom. The van der Waals surface area contributed by atoms with Crippen molar-refractivity contribution in [1.29, 1.82) is 0 Å². The summed E-state index contributed by atoms with van der Waals surface area (Å²) in [6, 6.07) is 33.2. The summed E-state index contributed by atoms with van der Waals surface area (Å²) in [5.74, 6) is -1.57. The van der Waals surface area contributed by atoms with Crippen LogP contribution in [0.15, 0.2) is 109 Å². The van der Waals surface area contributed by atoms with Crippen molar-refractivity contribution in [3.8, 4) is 11.1 Å². The minimum absolute atomic E-state index is 0.0120. The number of anilines is 1. The molecular weight excluding hydrogens is 595 g/mol. The first kappa shape index (κ1) is 30.8. The predicted octanol–water partition coefficient (Wildman–Crippen LogP) is 8.25. The fourth-order valence-electron chi connectivity index (χ4n) is 5.30. The Labute approximate surface area is 266 Å². The van der Waals surface area contributed by atoms with E-state index in [1.165, 1.54) is 4.90 Å². The average Bonchev–Trinajstić information content (AvgIpc) is 3.04. The van der Waals surface area contributed by atoms with Crippen molar-refractivity contribution in [2.45, 2.75) is 12.8 Å². The number of carboxylic acids is 1. The number of halogens is 2. The van der Waals surface area contributed by atoms with Gasteiger partial charge in [-0.15, -0.1) is 0 Å². The van der Waals surface area contributed by atoms with Crippen molar-refractivity contribution >= 4 is 57.4 Å². The fraction of sp³-hybridized carbons (Fsp3) is 0.139. The molecule has 0 aliphatic rings.